The van der Waals surface area contributed by atoms with Gasteiger partial charge in [0.2, 0.25) is 0 Å². The molecule has 0 saturated carbocycles. The van der Waals surface area contributed by atoms with E-state index >= 15 is 0 Å². The van der Waals surface area contributed by atoms with E-state index in [2.05, 4.69) is 0 Å². The summed E-state index contributed by atoms with van der Waals surface area (Å²) in [6.07, 6.45) is 1.55. The second-order valence-electron chi connectivity index (χ2n) is 4.09. The molecule has 2 rings (SSSR count). The SMILES string of the molecule is COc1cc(O)ccc1/C=C1\SC(=S)N(CC(=O)O)C1=O. The van der Waals surface area contributed by atoms with Gasteiger partial charge in [-0.15, -0.1) is 0 Å². The summed E-state index contributed by atoms with van der Waals surface area (Å²) < 4.78 is 5.32. The van der Waals surface area contributed by atoms with Crippen molar-refractivity contribution in [3.8, 4) is 11.5 Å². The average Bonchev–Trinajstić information content (AvgIpc) is 2.68. The van der Waals surface area contributed by atoms with E-state index in [4.69, 9.17) is 22.1 Å². The zero-order valence-electron chi connectivity index (χ0n) is 10.9. The predicted molar refractivity (Wildman–Crippen MR) is 82.2 cm³/mol. The maximum atomic E-state index is 12.1. The minimum atomic E-state index is -1.13. The van der Waals surface area contributed by atoms with Gasteiger partial charge in [0.05, 0.1) is 12.0 Å². The van der Waals surface area contributed by atoms with E-state index < -0.39 is 18.4 Å². The first kappa shape index (κ1) is 15.3. The van der Waals surface area contributed by atoms with Gasteiger partial charge in [-0.25, -0.2) is 0 Å². The molecule has 0 bridgehead atoms. The summed E-state index contributed by atoms with van der Waals surface area (Å²) in [5.41, 5.74) is 0.589. The van der Waals surface area contributed by atoms with E-state index in [0.717, 1.165) is 16.7 Å². The Hall–Kier alpha value is -2.06. The van der Waals surface area contributed by atoms with Crippen LogP contribution in [0.15, 0.2) is 23.1 Å². The Labute approximate surface area is 130 Å². The molecular weight excluding hydrogens is 314 g/mol. The number of carboxylic acid groups (broad SMARTS) is 1. The summed E-state index contributed by atoms with van der Waals surface area (Å²) in [7, 11) is 1.45. The number of ether oxygens (including phenoxy) is 1. The molecule has 1 amide bonds. The van der Waals surface area contributed by atoms with Gasteiger partial charge in [-0.2, -0.15) is 0 Å². The van der Waals surface area contributed by atoms with Crippen molar-refractivity contribution in [2.45, 2.75) is 0 Å². The van der Waals surface area contributed by atoms with E-state index in [-0.39, 0.29) is 10.1 Å². The topological polar surface area (TPSA) is 87.1 Å². The van der Waals surface area contributed by atoms with Crippen molar-refractivity contribution in [2.24, 2.45) is 0 Å². The van der Waals surface area contributed by atoms with Gasteiger partial charge < -0.3 is 14.9 Å². The van der Waals surface area contributed by atoms with Crippen molar-refractivity contribution >= 4 is 46.3 Å². The molecule has 0 aromatic heterocycles. The van der Waals surface area contributed by atoms with Gasteiger partial charge in [0.15, 0.2) is 0 Å². The number of carbonyl (C=O) groups is 2. The molecule has 1 aliphatic heterocycles. The zero-order chi connectivity index (χ0) is 15.6. The monoisotopic (exact) mass is 325 g/mol. The van der Waals surface area contributed by atoms with Crippen LogP contribution in [0, 0.1) is 0 Å². The molecule has 0 unspecified atom stereocenters. The highest BCUT2D eigenvalue weighted by Gasteiger charge is 2.33. The van der Waals surface area contributed by atoms with Crippen LogP contribution in [0.2, 0.25) is 0 Å². The van der Waals surface area contributed by atoms with Gasteiger partial charge in [0.1, 0.15) is 22.4 Å². The molecule has 6 nitrogen and oxygen atoms in total. The lowest BCUT2D eigenvalue weighted by Gasteiger charge is -2.10. The quantitative estimate of drug-likeness (QED) is 0.643. The number of hydrogen-bond donors (Lipinski definition) is 2. The number of hydrogen-bond acceptors (Lipinski definition) is 6. The number of benzene rings is 1. The summed E-state index contributed by atoms with van der Waals surface area (Å²) in [5.74, 6) is -1.14. The molecule has 2 N–H and O–H groups in total. The number of carboxylic acids is 1. The van der Waals surface area contributed by atoms with Gasteiger partial charge in [0, 0.05) is 11.6 Å². The summed E-state index contributed by atoms with van der Waals surface area (Å²) in [6.45, 7) is -0.464. The Kier molecular flexibility index (Phi) is 4.49. The molecule has 1 fully saturated rings. The highest BCUT2D eigenvalue weighted by Crippen LogP contribution is 2.34. The highest BCUT2D eigenvalue weighted by molar-refractivity contribution is 8.26. The summed E-state index contributed by atoms with van der Waals surface area (Å²) in [6, 6.07) is 4.48. The van der Waals surface area contributed by atoms with Crippen molar-refractivity contribution in [3.05, 3.63) is 28.7 Å². The number of nitrogens with zero attached hydrogens (tertiary/aromatic N) is 1. The molecule has 1 aromatic carbocycles. The molecule has 1 heterocycles. The third kappa shape index (κ3) is 3.34. The maximum absolute atomic E-state index is 12.1. The van der Waals surface area contributed by atoms with Crippen LogP contribution in [0.3, 0.4) is 0 Å². The van der Waals surface area contributed by atoms with Crippen LogP contribution in [0.25, 0.3) is 6.08 Å². The van der Waals surface area contributed by atoms with Crippen molar-refractivity contribution in [2.75, 3.05) is 13.7 Å². The molecule has 0 spiro atoms. The normalized spacial score (nSPS) is 16.6. The van der Waals surface area contributed by atoms with E-state index in [1.54, 1.807) is 12.1 Å². The Morgan fingerprint density at radius 2 is 2.24 bits per heavy atom. The number of thiocarbonyl (C=S) groups is 1. The lowest BCUT2D eigenvalue weighted by atomic mass is 10.1. The summed E-state index contributed by atoms with van der Waals surface area (Å²) in [5, 5.41) is 18.2. The number of phenols is 1. The number of methoxy groups -OCH3 is 1. The fourth-order valence-corrected chi connectivity index (χ4v) is 2.98. The lowest BCUT2D eigenvalue weighted by molar-refractivity contribution is -0.140. The first-order chi connectivity index (χ1) is 9.92. The number of carbonyl (C=O) groups excluding carboxylic acids is 1. The van der Waals surface area contributed by atoms with Crippen LogP contribution < -0.4 is 4.74 Å². The molecule has 0 radical (unpaired) electrons. The third-order valence-corrected chi connectivity index (χ3v) is 4.05. The summed E-state index contributed by atoms with van der Waals surface area (Å²) in [4.78, 5) is 24.2. The van der Waals surface area contributed by atoms with Crippen molar-refractivity contribution in [1.29, 1.82) is 0 Å². The molecule has 0 atom stereocenters. The number of amides is 1. The number of phenolic OH excluding ortho intramolecular Hbond substituents is 1. The number of thioether (sulfide) groups is 1. The zero-order valence-corrected chi connectivity index (χ0v) is 12.5. The number of aromatic hydroxyl groups is 1. The molecule has 1 aliphatic rings. The van der Waals surface area contributed by atoms with E-state index in [1.807, 2.05) is 0 Å². The van der Waals surface area contributed by atoms with Gasteiger partial charge in [-0.3, -0.25) is 14.5 Å². The summed E-state index contributed by atoms with van der Waals surface area (Å²) >= 11 is 6.03. The van der Waals surface area contributed by atoms with Crippen LogP contribution in [0.4, 0.5) is 0 Å². The molecule has 1 saturated heterocycles. The molecule has 1 aromatic rings. The maximum Gasteiger partial charge on any atom is 0.323 e. The predicted octanol–water partition coefficient (Wildman–Crippen LogP) is 1.69. The standard InChI is InChI=1S/C13H11NO5S2/c1-19-9-5-8(15)3-2-7(9)4-10-12(18)14(6-11(16)17)13(20)21-10/h2-5,15H,6H2,1H3,(H,16,17)/b10-4-. The minimum absolute atomic E-state index is 0.0439. The Morgan fingerprint density at radius 3 is 2.86 bits per heavy atom. The van der Waals surface area contributed by atoms with Crippen LogP contribution in [0.1, 0.15) is 5.56 Å². The third-order valence-electron chi connectivity index (χ3n) is 2.67. The van der Waals surface area contributed by atoms with Crippen LogP contribution in [0.5, 0.6) is 11.5 Å². The van der Waals surface area contributed by atoms with Gasteiger partial charge >= 0.3 is 5.97 Å². The highest BCUT2D eigenvalue weighted by atomic mass is 32.2. The molecule has 110 valence electrons. The Bertz CT molecular complexity index is 656. The number of aliphatic carboxylic acids is 1. The molecule has 8 heteroatoms. The Morgan fingerprint density at radius 1 is 1.52 bits per heavy atom. The van der Waals surface area contributed by atoms with E-state index in [1.165, 1.54) is 19.2 Å². The van der Waals surface area contributed by atoms with E-state index in [9.17, 15) is 14.7 Å². The van der Waals surface area contributed by atoms with Crippen LogP contribution >= 0.6 is 24.0 Å². The Balaban J connectivity index is 2.33. The van der Waals surface area contributed by atoms with E-state index in [0.29, 0.717) is 16.2 Å². The largest absolute Gasteiger partial charge is 0.508 e. The minimum Gasteiger partial charge on any atom is -0.508 e. The first-order valence-corrected chi connectivity index (χ1v) is 6.99. The average molecular weight is 325 g/mol. The van der Waals surface area contributed by atoms with Crippen LogP contribution in [-0.4, -0.2) is 45.0 Å². The van der Waals surface area contributed by atoms with Crippen LogP contribution in [-0.2, 0) is 9.59 Å². The fraction of sp³-hybridized carbons (Fsp3) is 0.154. The van der Waals surface area contributed by atoms with Gasteiger partial charge in [-0.05, 0) is 18.2 Å². The first-order valence-electron chi connectivity index (χ1n) is 5.76. The van der Waals surface area contributed by atoms with Crippen molar-refractivity contribution in [1.82, 2.24) is 4.90 Å². The smallest absolute Gasteiger partial charge is 0.323 e. The lowest BCUT2D eigenvalue weighted by Crippen LogP contribution is -2.33. The second-order valence-corrected chi connectivity index (χ2v) is 5.76. The second kappa shape index (κ2) is 6.15. The van der Waals surface area contributed by atoms with Gasteiger partial charge in [-0.1, -0.05) is 24.0 Å². The number of rotatable bonds is 4. The van der Waals surface area contributed by atoms with Gasteiger partial charge in [0.25, 0.3) is 5.91 Å². The molecule has 0 aliphatic carbocycles. The van der Waals surface area contributed by atoms with Crippen molar-refractivity contribution in [3.63, 3.8) is 0 Å². The van der Waals surface area contributed by atoms with Crippen molar-refractivity contribution < 1.29 is 24.5 Å². The fourth-order valence-electron chi connectivity index (χ4n) is 1.73. The molecule has 21 heavy (non-hydrogen) atoms. The molecular formula is C13H11NO5S2.